The molecule has 0 unspecified atom stereocenters. The Balaban J connectivity index is 1.75. The number of nitrogens with one attached hydrogen (secondary N) is 1. The van der Waals surface area contributed by atoms with Crippen LogP contribution >= 0.6 is 0 Å². The summed E-state index contributed by atoms with van der Waals surface area (Å²) in [5, 5.41) is 3.07. The minimum absolute atomic E-state index is 0.110. The van der Waals surface area contributed by atoms with Gasteiger partial charge >= 0.3 is 0 Å². The van der Waals surface area contributed by atoms with Crippen molar-refractivity contribution in [3.63, 3.8) is 0 Å². The Morgan fingerprint density at radius 2 is 1.75 bits per heavy atom. The summed E-state index contributed by atoms with van der Waals surface area (Å²) in [7, 11) is 0. The van der Waals surface area contributed by atoms with Crippen LogP contribution in [0.2, 0.25) is 0 Å². The number of hydrogen-bond acceptors (Lipinski definition) is 3. The van der Waals surface area contributed by atoms with Crippen LogP contribution in [0.3, 0.4) is 0 Å². The van der Waals surface area contributed by atoms with Crippen LogP contribution in [0.4, 0.5) is 0 Å². The highest BCUT2D eigenvalue weighted by Gasteiger charge is 2.24. The van der Waals surface area contributed by atoms with Gasteiger partial charge in [0.2, 0.25) is 5.78 Å². The Kier molecular flexibility index (Phi) is 6.37. The second kappa shape index (κ2) is 8.93. The SMILES string of the molecule is CCOc1ccc([C@@H](C)[NH2+][C@@H](C)C(=O)c2c[nH]c3ccccc23)cc1OCC. The van der Waals surface area contributed by atoms with Crippen molar-refractivity contribution in [1.29, 1.82) is 0 Å². The third kappa shape index (κ3) is 4.20. The molecule has 28 heavy (non-hydrogen) atoms. The monoisotopic (exact) mass is 381 g/mol. The predicted octanol–water partition coefficient (Wildman–Crippen LogP) is 3.86. The molecule has 2 atom stereocenters. The number of nitrogens with two attached hydrogens (primary N) is 1. The molecule has 0 fully saturated rings. The Morgan fingerprint density at radius 1 is 1.04 bits per heavy atom. The number of fused-ring (bicyclic) bond motifs is 1. The van der Waals surface area contributed by atoms with E-state index >= 15 is 0 Å². The van der Waals surface area contributed by atoms with Gasteiger partial charge in [-0.1, -0.05) is 18.2 Å². The van der Waals surface area contributed by atoms with Gasteiger partial charge in [-0.3, -0.25) is 4.79 Å². The average molecular weight is 381 g/mol. The van der Waals surface area contributed by atoms with Gasteiger partial charge in [-0.05, 0) is 52.0 Å². The molecule has 0 radical (unpaired) electrons. The van der Waals surface area contributed by atoms with Crippen LogP contribution in [0.1, 0.15) is 49.7 Å². The Hall–Kier alpha value is -2.79. The molecule has 0 aliphatic carbocycles. The van der Waals surface area contributed by atoms with Crippen molar-refractivity contribution >= 4 is 16.7 Å². The molecule has 3 rings (SSSR count). The van der Waals surface area contributed by atoms with Crippen molar-refractivity contribution in [3.8, 4) is 11.5 Å². The number of Topliss-reactive ketones (excluding diaryl/α,β-unsaturated/α-hetero) is 1. The molecule has 5 nitrogen and oxygen atoms in total. The summed E-state index contributed by atoms with van der Waals surface area (Å²) in [5.41, 5.74) is 2.83. The summed E-state index contributed by atoms with van der Waals surface area (Å²) < 4.78 is 11.4. The maximum absolute atomic E-state index is 13.0. The molecule has 5 heteroatoms. The molecule has 0 saturated heterocycles. The summed E-state index contributed by atoms with van der Waals surface area (Å²) in [5.74, 6) is 1.63. The summed E-state index contributed by atoms with van der Waals surface area (Å²) in [6.07, 6.45) is 1.81. The van der Waals surface area contributed by atoms with E-state index in [1.807, 2.05) is 69.4 Å². The fourth-order valence-electron chi connectivity index (χ4n) is 3.50. The van der Waals surface area contributed by atoms with Gasteiger partial charge in [0, 0.05) is 28.2 Å². The van der Waals surface area contributed by atoms with Crippen molar-refractivity contribution in [2.75, 3.05) is 13.2 Å². The lowest BCUT2D eigenvalue weighted by molar-refractivity contribution is -0.709. The number of H-pyrrole nitrogens is 1. The number of hydrogen-bond donors (Lipinski definition) is 2. The van der Waals surface area contributed by atoms with Crippen molar-refractivity contribution in [3.05, 3.63) is 59.8 Å². The Bertz CT molecular complexity index is 948. The van der Waals surface area contributed by atoms with Gasteiger partial charge in [-0.15, -0.1) is 0 Å². The Labute approximate surface area is 166 Å². The second-order valence-electron chi connectivity index (χ2n) is 6.95. The highest BCUT2D eigenvalue weighted by Crippen LogP contribution is 2.30. The average Bonchev–Trinajstić information content (AvgIpc) is 3.13. The highest BCUT2D eigenvalue weighted by molar-refractivity contribution is 6.09. The van der Waals surface area contributed by atoms with Gasteiger partial charge in [0.15, 0.2) is 11.5 Å². The second-order valence-corrected chi connectivity index (χ2v) is 6.95. The number of para-hydroxylation sites is 1. The van der Waals surface area contributed by atoms with E-state index in [4.69, 9.17) is 9.47 Å². The molecule has 3 N–H and O–H groups in total. The molecule has 148 valence electrons. The molecular formula is C23H29N2O3+. The Morgan fingerprint density at radius 3 is 2.50 bits per heavy atom. The van der Waals surface area contributed by atoms with Crippen LogP contribution in [0.5, 0.6) is 11.5 Å². The molecule has 0 bridgehead atoms. The number of rotatable bonds is 9. The van der Waals surface area contributed by atoms with E-state index in [1.165, 1.54) is 0 Å². The molecule has 3 aromatic rings. The van der Waals surface area contributed by atoms with Gasteiger partial charge < -0.3 is 19.8 Å². The van der Waals surface area contributed by atoms with Crippen molar-refractivity contribution < 1.29 is 19.6 Å². The van der Waals surface area contributed by atoms with Crippen LogP contribution in [0.15, 0.2) is 48.7 Å². The fourth-order valence-corrected chi connectivity index (χ4v) is 3.50. The molecular weight excluding hydrogens is 352 g/mol. The van der Waals surface area contributed by atoms with Gasteiger partial charge in [0.1, 0.15) is 12.1 Å². The first-order chi connectivity index (χ1) is 13.5. The largest absolute Gasteiger partial charge is 0.490 e. The summed E-state index contributed by atoms with van der Waals surface area (Å²) >= 11 is 0. The smallest absolute Gasteiger partial charge is 0.221 e. The quantitative estimate of drug-likeness (QED) is 0.553. The number of aromatic amines is 1. The van der Waals surface area contributed by atoms with E-state index in [0.717, 1.165) is 33.5 Å². The standard InChI is InChI=1S/C23H28N2O3/c1-5-27-21-12-11-17(13-22(21)28-6-2)15(3)25-16(4)23(26)19-14-24-20-10-8-7-9-18(19)20/h7-16,24-25H,5-6H2,1-4H3/p+1/t15-,16+/m1/s1. The normalized spacial score (nSPS) is 13.3. The highest BCUT2D eigenvalue weighted by atomic mass is 16.5. The maximum atomic E-state index is 13.0. The summed E-state index contributed by atoms with van der Waals surface area (Å²) in [6.45, 7) is 9.15. The van der Waals surface area contributed by atoms with Crippen LogP contribution < -0.4 is 14.8 Å². The molecule has 0 spiro atoms. The van der Waals surface area contributed by atoms with Crippen molar-refractivity contribution in [1.82, 2.24) is 4.98 Å². The maximum Gasteiger partial charge on any atom is 0.221 e. The van der Waals surface area contributed by atoms with Crippen LogP contribution in [0.25, 0.3) is 10.9 Å². The number of ketones is 1. The van der Waals surface area contributed by atoms with Gasteiger partial charge in [-0.25, -0.2) is 0 Å². The number of benzene rings is 2. The molecule has 0 amide bonds. The van der Waals surface area contributed by atoms with Gasteiger partial charge in [0.25, 0.3) is 0 Å². The van der Waals surface area contributed by atoms with Crippen LogP contribution in [0, 0.1) is 0 Å². The first-order valence-electron chi connectivity index (χ1n) is 9.90. The van der Waals surface area contributed by atoms with Crippen molar-refractivity contribution in [2.45, 2.75) is 39.8 Å². The number of ether oxygens (including phenoxy) is 2. The molecule has 0 aliphatic heterocycles. The first-order valence-corrected chi connectivity index (χ1v) is 9.90. The van der Waals surface area contributed by atoms with E-state index < -0.39 is 0 Å². The predicted molar refractivity (Wildman–Crippen MR) is 111 cm³/mol. The van der Waals surface area contributed by atoms with Crippen LogP contribution in [-0.2, 0) is 0 Å². The first kappa shape index (κ1) is 20.0. The van der Waals surface area contributed by atoms with E-state index in [0.29, 0.717) is 13.2 Å². The lowest BCUT2D eigenvalue weighted by Crippen LogP contribution is -2.91. The fraction of sp³-hybridized carbons (Fsp3) is 0.348. The van der Waals surface area contributed by atoms with Crippen LogP contribution in [-0.4, -0.2) is 30.0 Å². The number of aromatic nitrogens is 1. The number of quaternary nitrogens is 1. The molecule has 2 aromatic carbocycles. The molecule has 1 heterocycles. The lowest BCUT2D eigenvalue weighted by atomic mass is 10.0. The van der Waals surface area contributed by atoms with E-state index in [-0.39, 0.29) is 17.9 Å². The van der Waals surface area contributed by atoms with Gasteiger partial charge in [0.05, 0.1) is 13.2 Å². The zero-order valence-electron chi connectivity index (χ0n) is 17.0. The van der Waals surface area contributed by atoms with E-state index in [9.17, 15) is 4.79 Å². The third-order valence-corrected chi connectivity index (χ3v) is 4.94. The van der Waals surface area contributed by atoms with E-state index in [2.05, 4.69) is 17.2 Å². The summed E-state index contributed by atoms with van der Waals surface area (Å²) in [4.78, 5) is 16.2. The third-order valence-electron chi connectivity index (χ3n) is 4.94. The zero-order chi connectivity index (χ0) is 20.1. The molecule has 0 saturated carbocycles. The van der Waals surface area contributed by atoms with Crippen molar-refractivity contribution in [2.24, 2.45) is 0 Å². The molecule has 0 aliphatic rings. The molecule has 1 aromatic heterocycles. The van der Waals surface area contributed by atoms with E-state index in [1.54, 1.807) is 0 Å². The lowest BCUT2D eigenvalue weighted by Gasteiger charge is -2.18. The minimum Gasteiger partial charge on any atom is -0.490 e. The number of carbonyl (C=O) groups excluding carboxylic acids is 1. The zero-order valence-corrected chi connectivity index (χ0v) is 17.0. The number of carbonyl (C=O) groups is 1. The minimum atomic E-state index is -0.198. The topological polar surface area (TPSA) is 67.9 Å². The van der Waals surface area contributed by atoms with Gasteiger partial charge in [-0.2, -0.15) is 0 Å². The summed E-state index contributed by atoms with van der Waals surface area (Å²) in [6, 6.07) is 13.8.